The number of phenols is 2. The topological polar surface area (TPSA) is 65.2 Å². The molecule has 0 radical (unpaired) electrons. The minimum Gasteiger partial charge on any atom is -0.506 e. The summed E-state index contributed by atoms with van der Waals surface area (Å²) in [5.74, 6) is -0.0830. The molecule has 3 aromatic rings. The molecule has 0 atom stereocenters. The molecular weight excluding hydrogens is 300 g/mol. The molecule has 0 saturated carbocycles. The van der Waals surface area contributed by atoms with Crippen molar-refractivity contribution in [2.24, 2.45) is 9.98 Å². The van der Waals surface area contributed by atoms with Crippen molar-refractivity contribution in [3.05, 3.63) is 83.9 Å². The third kappa shape index (κ3) is 3.87. The molecule has 0 aliphatic carbocycles. The molecule has 0 heterocycles. The number of hydrogen-bond acceptors (Lipinski definition) is 4. The fraction of sp³-hybridized carbons (Fsp3) is 0. The lowest BCUT2D eigenvalue weighted by Gasteiger charge is -2.04. The van der Waals surface area contributed by atoms with E-state index in [9.17, 15) is 10.2 Å². The first-order valence-corrected chi connectivity index (χ1v) is 7.46. The highest BCUT2D eigenvalue weighted by Crippen LogP contribution is 2.38. The predicted octanol–water partition coefficient (Wildman–Crippen LogP) is 4.60. The molecule has 0 amide bonds. The van der Waals surface area contributed by atoms with Crippen LogP contribution in [0.5, 0.6) is 11.5 Å². The number of hydrogen-bond donors (Lipinski definition) is 2. The molecule has 24 heavy (non-hydrogen) atoms. The number of aromatic hydroxyl groups is 2. The monoisotopic (exact) mass is 316 g/mol. The third-order valence-electron chi connectivity index (χ3n) is 3.38. The zero-order valence-corrected chi connectivity index (χ0v) is 12.9. The molecule has 0 spiro atoms. The van der Waals surface area contributed by atoms with Gasteiger partial charge in [0.15, 0.2) is 0 Å². The summed E-state index contributed by atoms with van der Waals surface area (Å²) in [6, 6.07) is 21.8. The Labute approximate surface area is 140 Å². The average Bonchev–Trinajstić information content (AvgIpc) is 2.62. The van der Waals surface area contributed by atoms with Crippen molar-refractivity contribution in [1.29, 1.82) is 0 Å². The van der Waals surface area contributed by atoms with Crippen molar-refractivity contribution in [2.75, 3.05) is 0 Å². The Hall–Kier alpha value is -3.40. The van der Waals surface area contributed by atoms with Crippen molar-refractivity contribution < 1.29 is 10.2 Å². The van der Waals surface area contributed by atoms with E-state index < -0.39 is 0 Å². The van der Waals surface area contributed by atoms with Crippen LogP contribution in [0, 0.1) is 0 Å². The van der Waals surface area contributed by atoms with Crippen molar-refractivity contribution in [1.82, 2.24) is 0 Å². The Bertz CT molecular complexity index is 798. The molecule has 2 N–H and O–H groups in total. The van der Waals surface area contributed by atoms with E-state index in [-0.39, 0.29) is 22.9 Å². The van der Waals surface area contributed by atoms with E-state index in [0.29, 0.717) is 0 Å². The van der Waals surface area contributed by atoms with Crippen LogP contribution < -0.4 is 0 Å². The zero-order valence-electron chi connectivity index (χ0n) is 12.9. The number of nitrogens with zero attached hydrogens (tertiary/aromatic N) is 2. The standard InChI is InChI=1S/C20H16N2O2/c23-19-12-18(22-14-16-9-5-2-6-10-16)20(24)11-17(19)21-13-15-7-3-1-4-8-15/h1-14,23-24H/b21-13+,22-14+. The Balaban J connectivity index is 1.83. The van der Waals surface area contributed by atoms with Crippen LogP contribution in [0.25, 0.3) is 0 Å². The largest absolute Gasteiger partial charge is 0.506 e. The molecule has 0 unspecified atom stereocenters. The maximum absolute atomic E-state index is 10.1. The summed E-state index contributed by atoms with van der Waals surface area (Å²) in [4.78, 5) is 8.42. The molecule has 0 saturated heterocycles. The van der Waals surface area contributed by atoms with Crippen LogP contribution in [-0.4, -0.2) is 22.6 Å². The molecule has 4 heteroatoms. The first-order chi connectivity index (χ1) is 11.7. The van der Waals surface area contributed by atoms with E-state index in [4.69, 9.17) is 0 Å². The van der Waals surface area contributed by atoms with Crippen molar-refractivity contribution in [2.45, 2.75) is 0 Å². The maximum atomic E-state index is 10.1. The van der Waals surface area contributed by atoms with Crippen molar-refractivity contribution in [3.8, 4) is 11.5 Å². The lowest BCUT2D eigenvalue weighted by atomic mass is 10.2. The second kappa shape index (κ2) is 7.24. The molecule has 0 fully saturated rings. The van der Waals surface area contributed by atoms with Crippen molar-refractivity contribution in [3.63, 3.8) is 0 Å². The van der Waals surface area contributed by atoms with Gasteiger partial charge in [0.2, 0.25) is 0 Å². The average molecular weight is 316 g/mol. The first-order valence-electron chi connectivity index (χ1n) is 7.46. The van der Waals surface area contributed by atoms with Gasteiger partial charge in [-0.15, -0.1) is 0 Å². The summed E-state index contributed by atoms with van der Waals surface area (Å²) >= 11 is 0. The van der Waals surface area contributed by atoms with Crippen LogP contribution in [0.3, 0.4) is 0 Å². The third-order valence-corrected chi connectivity index (χ3v) is 3.38. The molecule has 0 aliphatic heterocycles. The molecule has 118 valence electrons. The van der Waals surface area contributed by atoms with Crippen LogP contribution in [-0.2, 0) is 0 Å². The predicted molar refractivity (Wildman–Crippen MR) is 97.2 cm³/mol. The molecular formula is C20H16N2O2. The normalized spacial score (nSPS) is 11.3. The summed E-state index contributed by atoms with van der Waals surface area (Å²) < 4.78 is 0. The van der Waals surface area contributed by atoms with Gasteiger partial charge in [-0.3, -0.25) is 9.98 Å². The van der Waals surface area contributed by atoms with Gasteiger partial charge in [0, 0.05) is 24.6 Å². The minimum atomic E-state index is -0.0415. The summed E-state index contributed by atoms with van der Waals surface area (Å²) in [6.07, 6.45) is 3.25. The van der Waals surface area contributed by atoms with Gasteiger partial charge in [0.1, 0.15) is 22.9 Å². The highest BCUT2D eigenvalue weighted by atomic mass is 16.3. The molecule has 3 rings (SSSR count). The number of benzene rings is 3. The van der Waals surface area contributed by atoms with Crippen molar-refractivity contribution >= 4 is 23.8 Å². The highest BCUT2D eigenvalue weighted by molar-refractivity contribution is 5.85. The fourth-order valence-corrected chi connectivity index (χ4v) is 2.13. The highest BCUT2D eigenvalue weighted by Gasteiger charge is 2.07. The Morgan fingerprint density at radius 2 is 0.958 bits per heavy atom. The first kappa shape index (κ1) is 15.5. The quantitative estimate of drug-likeness (QED) is 0.546. The van der Waals surface area contributed by atoms with Gasteiger partial charge in [-0.05, 0) is 11.1 Å². The van der Waals surface area contributed by atoms with E-state index in [1.165, 1.54) is 12.1 Å². The van der Waals surface area contributed by atoms with Crippen LogP contribution in [0.2, 0.25) is 0 Å². The van der Waals surface area contributed by atoms with Crippen LogP contribution in [0.1, 0.15) is 11.1 Å². The van der Waals surface area contributed by atoms with E-state index in [2.05, 4.69) is 9.98 Å². The van der Waals surface area contributed by atoms with Gasteiger partial charge in [0.25, 0.3) is 0 Å². The fourth-order valence-electron chi connectivity index (χ4n) is 2.13. The van der Waals surface area contributed by atoms with Gasteiger partial charge in [-0.25, -0.2) is 0 Å². The smallest absolute Gasteiger partial charge is 0.143 e. The van der Waals surface area contributed by atoms with E-state index >= 15 is 0 Å². The second-order valence-corrected chi connectivity index (χ2v) is 5.17. The second-order valence-electron chi connectivity index (χ2n) is 5.17. The van der Waals surface area contributed by atoms with Gasteiger partial charge >= 0.3 is 0 Å². The van der Waals surface area contributed by atoms with Crippen LogP contribution in [0.4, 0.5) is 11.4 Å². The zero-order chi connectivity index (χ0) is 16.8. The molecule has 0 aromatic heterocycles. The molecule has 0 bridgehead atoms. The van der Waals surface area contributed by atoms with Crippen LogP contribution in [0.15, 0.2) is 82.8 Å². The van der Waals surface area contributed by atoms with Gasteiger partial charge in [-0.2, -0.15) is 0 Å². The van der Waals surface area contributed by atoms with Gasteiger partial charge in [0.05, 0.1) is 0 Å². The van der Waals surface area contributed by atoms with Crippen LogP contribution >= 0.6 is 0 Å². The SMILES string of the molecule is Oc1cc(/N=C/c2ccccc2)c(O)cc1/N=C/c1ccccc1. The summed E-state index contributed by atoms with van der Waals surface area (Å²) in [5.41, 5.74) is 2.38. The Morgan fingerprint density at radius 1 is 0.583 bits per heavy atom. The number of aliphatic imine (C=N–C) groups is 2. The Kier molecular flexibility index (Phi) is 4.68. The maximum Gasteiger partial charge on any atom is 0.143 e. The Morgan fingerprint density at radius 3 is 1.33 bits per heavy atom. The van der Waals surface area contributed by atoms with Gasteiger partial charge < -0.3 is 10.2 Å². The summed E-state index contributed by atoms with van der Waals surface area (Å²) in [5, 5.41) is 20.2. The number of rotatable bonds is 4. The van der Waals surface area contributed by atoms with Gasteiger partial charge in [-0.1, -0.05) is 60.7 Å². The lowest BCUT2D eigenvalue weighted by molar-refractivity contribution is 0.463. The molecule has 0 aliphatic rings. The summed E-state index contributed by atoms with van der Waals surface area (Å²) in [6.45, 7) is 0. The number of phenolic OH excluding ortho intramolecular Hbond substituents is 2. The summed E-state index contributed by atoms with van der Waals surface area (Å²) in [7, 11) is 0. The minimum absolute atomic E-state index is 0.0415. The molecule has 3 aromatic carbocycles. The van der Waals surface area contributed by atoms with E-state index in [1.54, 1.807) is 12.4 Å². The lowest BCUT2D eigenvalue weighted by Crippen LogP contribution is -1.80. The van der Waals surface area contributed by atoms with E-state index in [1.807, 2.05) is 60.7 Å². The van der Waals surface area contributed by atoms with E-state index in [0.717, 1.165) is 11.1 Å². The molecule has 4 nitrogen and oxygen atoms in total.